The van der Waals surface area contributed by atoms with E-state index < -0.39 is 11.4 Å². The number of hydrogen-bond donors (Lipinski definition) is 1. The van der Waals surface area contributed by atoms with Crippen molar-refractivity contribution in [1.82, 2.24) is 24.9 Å². The first-order chi connectivity index (χ1) is 14.2. The number of aromatic nitrogens is 2. The Labute approximate surface area is 175 Å². The summed E-state index contributed by atoms with van der Waals surface area (Å²) >= 11 is 0. The minimum atomic E-state index is -0.502. The lowest BCUT2D eigenvalue weighted by atomic mass is 10.2. The molecule has 3 rings (SSSR count). The van der Waals surface area contributed by atoms with E-state index in [2.05, 4.69) is 15.3 Å². The first-order valence-electron chi connectivity index (χ1n) is 10.0. The third-order valence-electron chi connectivity index (χ3n) is 4.66. The van der Waals surface area contributed by atoms with E-state index in [-0.39, 0.29) is 17.7 Å². The molecule has 1 aliphatic rings. The van der Waals surface area contributed by atoms with Crippen LogP contribution in [0.1, 0.15) is 31.3 Å². The summed E-state index contributed by atoms with van der Waals surface area (Å²) in [5.41, 5.74) is 0.0185. The fourth-order valence-electron chi connectivity index (χ4n) is 3.12. The van der Waals surface area contributed by atoms with Gasteiger partial charge in [0.2, 0.25) is 0 Å². The van der Waals surface area contributed by atoms with Crippen LogP contribution in [0.2, 0.25) is 0 Å². The average molecular weight is 417 g/mol. The lowest BCUT2D eigenvalue weighted by molar-refractivity contribution is 0.0147. The van der Waals surface area contributed by atoms with E-state index in [1.54, 1.807) is 35.4 Å². The first kappa shape index (κ1) is 21.8. The summed E-state index contributed by atoms with van der Waals surface area (Å²) in [6, 6.07) is 7.81. The Kier molecular flexibility index (Phi) is 6.71. The Morgan fingerprint density at radius 2 is 1.83 bits per heavy atom. The van der Waals surface area contributed by atoms with Crippen molar-refractivity contribution in [2.45, 2.75) is 26.4 Å². The predicted octanol–water partition coefficient (Wildman–Crippen LogP) is 2.29. The number of amides is 2. The van der Waals surface area contributed by atoms with E-state index in [1.165, 1.54) is 10.7 Å². The standard InChI is InChI=1S/C21H28FN5O3/c1-21(2,3)30-20(29)26-14-12-25(13-15-26)11-9-23-19(28)17-8-10-27(24-17)18-7-5-4-6-16(18)22/h4-8,10H,9,11-15H2,1-3H3,(H,23,28). The van der Waals surface area contributed by atoms with Crippen molar-refractivity contribution in [3.05, 3.63) is 48.0 Å². The van der Waals surface area contributed by atoms with Crippen molar-refractivity contribution in [2.24, 2.45) is 0 Å². The molecule has 1 fully saturated rings. The van der Waals surface area contributed by atoms with Crippen molar-refractivity contribution in [3.63, 3.8) is 0 Å². The van der Waals surface area contributed by atoms with E-state index in [0.29, 0.717) is 31.9 Å². The topological polar surface area (TPSA) is 79.7 Å². The number of carbonyl (C=O) groups excluding carboxylic acids is 2. The molecule has 0 aliphatic carbocycles. The van der Waals surface area contributed by atoms with Gasteiger partial charge >= 0.3 is 6.09 Å². The van der Waals surface area contributed by atoms with Gasteiger partial charge in [0.25, 0.3) is 5.91 Å². The van der Waals surface area contributed by atoms with Gasteiger partial charge in [0.1, 0.15) is 17.1 Å². The number of benzene rings is 1. The molecule has 1 saturated heterocycles. The van der Waals surface area contributed by atoms with Crippen LogP contribution in [0.25, 0.3) is 5.69 Å². The molecule has 2 amide bonds. The van der Waals surface area contributed by atoms with Gasteiger partial charge in [-0.1, -0.05) is 12.1 Å². The van der Waals surface area contributed by atoms with Crippen molar-refractivity contribution in [3.8, 4) is 5.69 Å². The van der Waals surface area contributed by atoms with Crippen molar-refractivity contribution < 1.29 is 18.7 Å². The lowest BCUT2D eigenvalue weighted by Crippen LogP contribution is -2.51. The Balaban J connectivity index is 1.42. The molecule has 0 atom stereocenters. The number of ether oxygens (including phenoxy) is 1. The van der Waals surface area contributed by atoms with E-state index in [1.807, 2.05) is 20.8 Å². The quantitative estimate of drug-likeness (QED) is 0.808. The zero-order valence-electron chi connectivity index (χ0n) is 17.6. The smallest absolute Gasteiger partial charge is 0.410 e. The van der Waals surface area contributed by atoms with Gasteiger partial charge in [-0.25, -0.2) is 13.9 Å². The van der Waals surface area contributed by atoms with Crippen molar-refractivity contribution in [1.29, 1.82) is 0 Å². The highest BCUT2D eigenvalue weighted by Gasteiger charge is 2.25. The van der Waals surface area contributed by atoms with Crippen molar-refractivity contribution >= 4 is 12.0 Å². The number of para-hydroxylation sites is 1. The van der Waals surface area contributed by atoms with Crippen LogP contribution in [-0.2, 0) is 4.74 Å². The molecule has 0 radical (unpaired) electrons. The molecule has 0 bridgehead atoms. The van der Waals surface area contributed by atoms with Crippen molar-refractivity contribution in [2.75, 3.05) is 39.3 Å². The molecule has 0 unspecified atom stereocenters. The summed E-state index contributed by atoms with van der Waals surface area (Å²) in [5, 5.41) is 6.99. The number of rotatable bonds is 5. The van der Waals surface area contributed by atoms with Gasteiger partial charge in [0.05, 0.1) is 0 Å². The van der Waals surface area contributed by atoms with Gasteiger partial charge in [-0.15, -0.1) is 0 Å². The van der Waals surface area contributed by atoms with Gasteiger partial charge in [-0.3, -0.25) is 9.69 Å². The SMILES string of the molecule is CC(C)(C)OC(=O)N1CCN(CCNC(=O)c2ccn(-c3ccccc3F)n2)CC1. The van der Waals surface area contributed by atoms with Crippen LogP contribution in [0.3, 0.4) is 0 Å². The number of piperazine rings is 1. The maximum atomic E-state index is 13.9. The Morgan fingerprint density at radius 3 is 2.50 bits per heavy atom. The fourth-order valence-corrected chi connectivity index (χ4v) is 3.12. The number of halogens is 1. The Bertz CT molecular complexity index is 885. The molecular formula is C21H28FN5O3. The summed E-state index contributed by atoms with van der Waals surface area (Å²) in [5.74, 6) is -0.712. The molecule has 1 N–H and O–H groups in total. The van der Waals surface area contributed by atoms with Gasteiger partial charge in [0.15, 0.2) is 5.69 Å². The summed E-state index contributed by atoms with van der Waals surface area (Å²) in [4.78, 5) is 28.3. The van der Waals surface area contributed by atoms with Gasteiger partial charge < -0.3 is 15.0 Å². The molecule has 2 heterocycles. The third kappa shape index (κ3) is 5.79. The van der Waals surface area contributed by atoms with Gasteiger partial charge in [0, 0.05) is 45.5 Å². The van der Waals surface area contributed by atoms with Crippen LogP contribution in [0.15, 0.2) is 36.5 Å². The monoisotopic (exact) mass is 417 g/mol. The second kappa shape index (κ2) is 9.25. The highest BCUT2D eigenvalue weighted by molar-refractivity contribution is 5.92. The second-order valence-corrected chi connectivity index (χ2v) is 8.16. The van der Waals surface area contributed by atoms with Crippen LogP contribution < -0.4 is 5.32 Å². The molecule has 1 aromatic heterocycles. The molecule has 162 valence electrons. The third-order valence-corrected chi connectivity index (χ3v) is 4.66. The first-order valence-corrected chi connectivity index (χ1v) is 10.0. The second-order valence-electron chi connectivity index (χ2n) is 8.16. The summed E-state index contributed by atoms with van der Waals surface area (Å²) in [6.07, 6.45) is 1.27. The average Bonchev–Trinajstić information content (AvgIpc) is 3.17. The van der Waals surface area contributed by atoms with Crippen LogP contribution in [-0.4, -0.2) is 76.5 Å². The lowest BCUT2D eigenvalue weighted by Gasteiger charge is -2.35. The van der Waals surface area contributed by atoms with E-state index in [4.69, 9.17) is 4.74 Å². The van der Waals surface area contributed by atoms with Crippen LogP contribution in [0.5, 0.6) is 0 Å². The fraction of sp³-hybridized carbons (Fsp3) is 0.476. The maximum absolute atomic E-state index is 13.9. The molecule has 1 aliphatic heterocycles. The predicted molar refractivity (Wildman–Crippen MR) is 110 cm³/mol. The van der Waals surface area contributed by atoms with E-state index in [9.17, 15) is 14.0 Å². The molecule has 0 spiro atoms. The summed E-state index contributed by atoms with van der Waals surface area (Å²) in [6.45, 7) is 9.30. The van der Waals surface area contributed by atoms with Gasteiger partial charge in [-0.05, 0) is 39.0 Å². The number of carbonyl (C=O) groups is 2. The molecule has 8 nitrogen and oxygen atoms in total. The maximum Gasteiger partial charge on any atom is 0.410 e. The van der Waals surface area contributed by atoms with Crippen LogP contribution in [0.4, 0.5) is 9.18 Å². The molecule has 2 aromatic rings. The summed E-state index contributed by atoms with van der Waals surface area (Å²) in [7, 11) is 0. The molecule has 9 heteroatoms. The molecule has 30 heavy (non-hydrogen) atoms. The molecule has 1 aromatic carbocycles. The van der Waals surface area contributed by atoms with Gasteiger partial charge in [-0.2, -0.15) is 5.10 Å². The zero-order chi connectivity index (χ0) is 21.7. The van der Waals surface area contributed by atoms with Crippen LogP contribution in [0, 0.1) is 5.82 Å². The van der Waals surface area contributed by atoms with Crippen LogP contribution >= 0.6 is 0 Å². The summed E-state index contributed by atoms with van der Waals surface area (Å²) < 4.78 is 20.6. The molecular weight excluding hydrogens is 389 g/mol. The highest BCUT2D eigenvalue weighted by atomic mass is 19.1. The number of nitrogens with one attached hydrogen (secondary N) is 1. The highest BCUT2D eigenvalue weighted by Crippen LogP contribution is 2.13. The molecule has 0 saturated carbocycles. The Hall–Kier alpha value is -2.94. The number of hydrogen-bond acceptors (Lipinski definition) is 5. The van der Waals surface area contributed by atoms with E-state index in [0.717, 1.165) is 13.1 Å². The zero-order valence-corrected chi connectivity index (χ0v) is 17.6. The van der Waals surface area contributed by atoms with E-state index >= 15 is 0 Å². The minimum Gasteiger partial charge on any atom is -0.444 e. The minimum absolute atomic E-state index is 0.230. The number of nitrogens with zero attached hydrogens (tertiary/aromatic N) is 4. The largest absolute Gasteiger partial charge is 0.444 e. The Morgan fingerprint density at radius 1 is 1.13 bits per heavy atom. The normalized spacial score (nSPS) is 15.1.